The molecule has 9 heteroatoms. The first-order chi connectivity index (χ1) is 14.2. The third-order valence-corrected chi connectivity index (χ3v) is 7.63. The number of piperidine rings is 1. The van der Waals surface area contributed by atoms with Crippen molar-refractivity contribution in [3.05, 3.63) is 57.6 Å². The summed E-state index contributed by atoms with van der Waals surface area (Å²) in [6, 6.07) is 10.1. The van der Waals surface area contributed by atoms with Gasteiger partial charge in [-0.1, -0.05) is 35.3 Å². The number of aryl methyl sites for hydroxylation is 1. The van der Waals surface area contributed by atoms with Gasteiger partial charge in [-0.05, 0) is 55.2 Å². The quantitative estimate of drug-likeness (QED) is 0.691. The first-order valence-corrected chi connectivity index (χ1v) is 11.8. The standard InChI is InChI=1S/C21H24Cl2N2O4S/c1-14-5-8-19(29-2)20(10-14)30(27,28)25-9-3-4-16(13-25)21(26)24-12-15-6-7-17(22)11-18(15)23/h5-8,10-11,16H,3-4,9,12-13H2,1-2H3,(H,24,26)/t16-/m0/s1. The molecule has 1 heterocycles. The monoisotopic (exact) mass is 470 g/mol. The number of sulfonamides is 1. The largest absolute Gasteiger partial charge is 0.495 e. The molecule has 30 heavy (non-hydrogen) atoms. The van der Waals surface area contributed by atoms with E-state index in [2.05, 4.69) is 5.32 Å². The molecule has 162 valence electrons. The number of hydrogen-bond donors (Lipinski definition) is 1. The van der Waals surface area contributed by atoms with Crippen molar-refractivity contribution < 1.29 is 17.9 Å². The lowest BCUT2D eigenvalue weighted by Crippen LogP contribution is -2.45. The molecule has 1 aliphatic heterocycles. The Hall–Kier alpha value is -1.80. The zero-order chi connectivity index (χ0) is 21.9. The van der Waals surface area contributed by atoms with Gasteiger partial charge in [0, 0.05) is 29.7 Å². The van der Waals surface area contributed by atoms with E-state index in [-0.39, 0.29) is 23.9 Å². The molecular weight excluding hydrogens is 447 g/mol. The predicted octanol–water partition coefficient (Wildman–Crippen LogP) is 4.03. The summed E-state index contributed by atoms with van der Waals surface area (Å²) in [5.74, 6) is -0.336. The van der Waals surface area contributed by atoms with Gasteiger partial charge in [0.15, 0.2) is 0 Å². The van der Waals surface area contributed by atoms with Gasteiger partial charge in [-0.25, -0.2) is 8.42 Å². The number of rotatable bonds is 6. The Morgan fingerprint density at radius 3 is 2.70 bits per heavy atom. The van der Waals surface area contributed by atoms with Crippen LogP contribution >= 0.6 is 23.2 Å². The molecule has 1 N–H and O–H groups in total. The van der Waals surface area contributed by atoms with Crippen molar-refractivity contribution in [3.8, 4) is 5.75 Å². The van der Waals surface area contributed by atoms with Crippen molar-refractivity contribution in [1.29, 1.82) is 0 Å². The fraction of sp³-hybridized carbons (Fsp3) is 0.381. The minimum absolute atomic E-state index is 0.124. The van der Waals surface area contributed by atoms with Gasteiger partial charge in [0.2, 0.25) is 15.9 Å². The average molecular weight is 471 g/mol. The van der Waals surface area contributed by atoms with E-state index in [0.29, 0.717) is 35.2 Å². The zero-order valence-electron chi connectivity index (χ0n) is 16.8. The summed E-state index contributed by atoms with van der Waals surface area (Å²) in [5.41, 5.74) is 1.57. The third-order valence-electron chi connectivity index (χ3n) is 5.16. The molecule has 0 unspecified atom stereocenters. The van der Waals surface area contributed by atoms with Crippen LogP contribution in [0.5, 0.6) is 5.75 Å². The first-order valence-electron chi connectivity index (χ1n) is 9.59. The van der Waals surface area contributed by atoms with Crippen molar-refractivity contribution in [2.45, 2.75) is 31.2 Å². The Morgan fingerprint density at radius 1 is 1.23 bits per heavy atom. The van der Waals surface area contributed by atoms with Crippen LogP contribution in [0, 0.1) is 12.8 Å². The van der Waals surface area contributed by atoms with Crippen LogP contribution in [0.15, 0.2) is 41.3 Å². The number of ether oxygens (including phenoxy) is 1. The highest BCUT2D eigenvalue weighted by Gasteiger charge is 2.34. The average Bonchev–Trinajstić information content (AvgIpc) is 2.73. The van der Waals surface area contributed by atoms with E-state index in [1.165, 1.54) is 11.4 Å². The van der Waals surface area contributed by atoms with Gasteiger partial charge in [0.25, 0.3) is 0 Å². The van der Waals surface area contributed by atoms with Crippen LogP contribution in [0.2, 0.25) is 10.0 Å². The maximum atomic E-state index is 13.2. The van der Waals surface area contributed by atoms with Crippen molar-refractivity contribution in [3.63, 3.8) is 0 Å². The minimum atomic E-state index is -3.78. The highest BCUT2D eigenvalue weighted by atomic mass is 35.5. The molecule has 1 atom stereocenters. The molecule has 1 aliphatic rings. The molecule has 0 aliphatic carbocycles. The Morgan fingerprint density at radius 2 is 2.00 bits per heavy atom. The molecule has 0 aromatic heterocycles. The van der Waals surface area contributed by atoms with Gasteiger partial charge >= 0.3 is 0 Å². The van der Waals surface area contributed by atoms with Crippen LogP contribution < -0.4 is 10.1 Å². The van der Waals surface area contributed by atoms with E-state index in [1.807, 2.05) is 6.92 Å². The van der Waals surface area contributed by atoms with Crippen molar-refractivity contribution in [1.82, 2.24) is 9.62 Å². The molecule has 1 saturated heterocycles. The number of nitrogens with one attached hydrogen (secondary N) is 1. The summed E-state index contributed by atoms with van der Waals surface area (Å²) in [6.45, 7) is 2.57. The number of methoxy groups -OCH3 is 1. The lowest BCUT2D eigenvalue weighted by Gasteiger charge is -2.31. The fourth-order valence-electron chi connectivity index (χ4n) is 3.49. The van der Waals surface area contributed by atoms with E-state index >= 15 is 0 Å². The summed E-state index contributed by atoms with van der Waals surface area (Å²) in [7, 11) is -2.34. The summed E-state index contributed by atoms with van der Waals surface area (Å²) in [5, 5.41) is 3.86. The summed E-state index contributed by atoms with van der Waals surface area (Å²) in [4.78, 5) is 12.8. The molecule has 0 bridgehead atoms. The van der Waals surface area contributed by atoms with Crippen molar-refractivity contribution in [2.75, 3.05) is 20.2 Å². The second kappa shape index (κ2) is 9.56. The number of carbonyl (C=O) groups is 1. The molecule has 6 nitrogen and oxygen atoms in total. The fourth-order valence-corrected chi connectivity index (χ4v) is 5.73. The molecule has 0 radical (unpaired) electrons. The van der Waals surface area contributed by atoms with Crippen molar-refractivity contribution >= 4 is 39.1 Å². The first kappa shape index (κ1) is 22.9. The number of nitrogens with zero attached hydrogens (tertiary/aromatic N) is 1. The normalized spacial score (nSPS) is 17.5. The molecule has 2 aromatic rings. The van der Waals surface area contributed by atoms with Crippen LogP contribution in [0.1, 0.15) is 24.0 Å². The topological polar surface area (TPSA) is 75.7 Å². The number of halogens is 2. The third kappa shape index (κ3) is 5.09. The van der Waals surface area contributed by atoms with Crippen LogP contribution in [-0.2, 0) is 21.4 Å². The smallest absolute Gasteiger partial charge is 0.246 e. The lowest BCUT2D eigenvalue weighted by atomic mass is 9.99. The Bertz CT molecular complexity index is 1040. The van der Waals surface area contributed by atoms with Crippen LogP contribution in [0.4, 0.5) is 0 Å². The molecule has 3 rings (SSSR count). The van der Waals surface area contributed by atoms with Crippen molar-refractivity contribution in [2.24, 2.45) is 5.92 Å². The summed E-state index contributed by atoms with van der Waals surface area (Å²) in [6.07, 6.45) is 1.23. The lowest BCUT2D eigenvalue weighted by molar-refractivity contribution is -0.126. The van der Waals surface area contributed by atoms with Crippen LogP contribution in [-0.4, -0.2) is 38.8 Å². The number of benzene rings is 2. The van der Waals surface area contributed by atoms with Gasteiger partial charge in [-0.2, -0.15) is 4.31 Å². The minimum Gasteiger partial charge on any atom is -0.495 e. The highest BCUT2D eigenvalue weighted by molar-refractivity contribution is 7.89. The van der Waals surface area contributed by atoms with Gasteiger partial charge < -0.3 is 10.1 Å². The van der Waals surface area contributed by atoms with Gasteiger partial charge in [0.1, 0.15) is 10.6 Å². The highest BCUT2D eigenvalue weighted by Crippen LogP contribution is 2.30. The zero-order valence-corrected chi connectivity index (χ0v) is 19.1. The second-order valence-electron chi connectivity index (χ2n) is 7.31. The van der Waals surface area contributed by atoms with Gasteiger partial charge in [-0.15, -0.1) is 0 Å². The van der Waals surface area contributed by atoms with Gasteiger partial charge in [0.05, 0.1) is 13.0 Å². The molecule has 1 amide bonds. The SMILES string of the molecule is COc1ccc(C)cc1S(=O)(=O)N1CCC[C@H](C(=O)NCc2ccc(Cl)cc2Cl)C1. The van der Waals surface area contributed by atoms with Crippen LogP contribution in [0.3, 0.4) is 0 Å². The van der Waals surface area contributed by atoms with E-state index in [4.69, 9.17) is 27.9 Å². The Labute approximate surface area is 187 Å². The maximum Gasteiger partial charge on any atom is 0.246 e. The summed E-state index contributed by atoms with van der Waals surface area (Å²) < 4.78 is 33.1. The van der Waals surface area contributed by atoms with E-state index in [1.54, 1.807) is 36.4 Å². The molecular formula is C21H24Cl2N2O4S. The Kier molecular flexibility index (Phi) is 7.29. The molecule has 1 fully saturated rings. The number of hydrogen-bond acceptors (Lipinski definition) is 4. The number of amides is 1. The van der Waals surface area contributed by atoms with E-state index in [0.717, 1.165) is 11.1 Å². The Balaban J connectivity index is 1.71. The molecule has 0 saturated carbocycles. The maximum absolute atomic E-state index is 13.2. The predicted molar refractivity (Wildman–Crippen MR) is 118 cm³/mol. The molecule has 0 spiro atoms. The van der Waals surface area contributed by atoms with E-state index in [9.17, 15) is 13.2 Å². The van der Waals surface area contributed by atoms with Gasteiger partial charge in [-0.3, -0.25) is 4.79 Å². The second-order valence-corrected chi connectivity index (χ2v) is 10.1. The summed E-state index contributed by atoms with van der Waals surface area (Å²) >= 11 is 12.1. The van der Waals surface area contributed by atoms with E-state index < -0.39 is 15.9 Å². The molecule has 2 aromatic carbocycles. The number of carbonyl (C=O) groups excluding carboxylic acids is 1. The van der Waals surface area contributed by atoms with Crippen LogP contribution in [0.25, 0.3) is 0 Å².